The fourth-order valence-electron chi connectivity index (χ4n) is 3.98. The van der Waals surface area contributed by atoms with Gasteiger partial charge in [0.1, 0.15) is 0 Å². The van der Waals surface area contributed by atoms with Gasteiger partial charge in [-0.3, -0.25) is 9.59 Å². The number of hydrogen-bond donors (Lipinski definition) is 1. The Hall–Kier alpha value is -3.45. The lowest BCUT2D eigenvalue weighted by Gasteiger charge is -2.30. The molecular formula is C25H23N3O3S. The summed E-state index contributed by atoms with van der Waals surface area (Å²) in [6.45, 7) is 1.61. The van der Waals surface area contributed by atoms with Gasteiger partial charge in [0.05, 0.1) is 10.2 Å². The van der Waals surface area contributed by atoms with Gasteiger partial charge >= 0.3 is 0 Å². The van der Waals surface area contributed by atoms with Gasteiger partial charge in [-0.1, -0.05) is 42.5 Å². The summed E-state index contributed by atoms with van der Waals surface area (Å²) in [5, 5.41) is 3.77. The summed E-state index contributed by atoms with van der Waals surface area (Å²) in [5.74, 6) is 0.756. The third-order valence-electron chi connectivity index (χ3n) is 5.78. The van der Waals surface area contributed by atoms with E-state index in [0.29, 0.717) is 44.0 Å². The van der Waals surface area contributed by atoms with Crippen LogP contribution in [0.1, 0.15) is 29.0 Å². The molecule has 0 spiro atoms. The maximum absolute atomic E-state index is 12.9. The van der Waals surface area contributed by atoms with Gasteiger partial charge in [0.15, 0.2) is 16.5 Å². The predicted octanol–water partition coefficient (Wildman–Crippen LogP) is 4.72. The van der Waals surface area contributed by atoms with Crippen molar-refractivity contribution in [3.8, 4) is 10.8 Å². The number of nitrogens with zero attached hydrogens (tertiary/aromatic N) is 2. The Morgan fingerprint density at radius 3 is 2.53 bits per heavy atom. The van der Waals surface area contributed by atoms with Crippen molar-refractivity contribution in [2.75, 3.05) is 13.1 Å². The van der Waals surface area contributed by atoms with E-state index in [-0.39, 0.29) is 17.7 Å². The minimum absolute atomic E-state index is 0.0528. The number of nitrogens with one attached hydrogen (secondary N) is 1. The van der Waals surface area contributed by atoms with Crippen molar-refractivity contribution < 1.29 is 14.0 Å². The Bertz CT molecular complexity index is 1210. The molecule has 1 saturated heterocycles. The summed E-state index contributed by atoms with van der Waals surface area (Å²) in [4.78, 5) is 31.8. The van der Waals surface area contributed by atoms with E-state index in [1.807, 2.05) is 54.6 Å². The number of carbonyl (C=O) groups is 2. The Kier molecular flexibility index (Phi) is 5.73. The van der Waals surface area contributed by atoms with Crippen molar-refractivity contribution >= 4 is 33.4 Å². The monoisotopic (exact) mass is 445 g/mol. The number of piperidine rings is 1. The number of para-hydroxylation sites is 1. The molecule has 0 radical (unpaired) electrons. The molecule has 2 amide bonds. The van der Waals surface area contributed by atoms with E-state index < -0.39 is 0 Å². The van der Waals surface area contributed by atoms with Crippen LogP contribution < -0.4 is 5.32 Å². The zero-order valence-corrected chi connectivity index (χ0v) is 18.3. The van der Waals surface area contributed by atoms with E-state index in [9.17, 15) is 9.59 Å². The van der Waals surface area contributed by atoms with Crippen LogP contribution in [0.5, 0.6) is 0 Å². The second kappa shape index (κ2) is 8.96. The number of rotatable bonds is 5. The minimum Gasteiger partial charge on any atom is -0.448 e. The van der Waals surface area contributed by atoms with Crippen molar-refractivity contribution in [2.45, 2.75) is 19.4 Å². The lowest BCUT2D eigenvalue weighted by Crippen LogP contribution is -2.42. The highest BCUT2D eigenvalue weighted by Gasteiger charge is 2.29. The van der Waals surface area contributed by atoms with Gasteiger partial charge < -0.3 is 14.6 Å². The smallest absolute Gasteiger partial charge is 0.289 e. The zero-order valence-electron chi connectivity index (χ0n) is 17.5. The molecule has 0 bridgehead atoms. The zero-order chi connectivity index (χ0) is 21.9. The molecule has 7 heteroatoms. The fraction of sp³-hybridized carbons (Fsp3) is 0.240. The molecule has 2 aromatic carbocycles. The molecule has 0 atom stereocenters. The number of hydrogen-bond acceptors (Lipinski definition) is 5. The van der Waals surface area contributed by atoms with E-state index in [0.717, 1.165) is 20.8 Å². The highest BCUT2D eigenvalue weighted by molar-refractivity contribution is 7.21. The van der Waals surface area contributed by atoms with Gasteiger partial charge in [0.2, 0.25) is 5.91 Å². The highest BCUT2D eigenvalue weighted by Crippen LogP contribution is 2.31. The van der Waals surface area contributed by atoms with Crippen LogP contribution >= 0.6 is 11.3 Å². The van der Waals surface area contributed by atoms with E-state index in [2.05, 4.69) is 10.3 Å². The van der Waals surface area contributed by atoms with E-state index in [1.54, 1.807) is 28.4 Å². The Labute approximate surface area is 189 Å². The van der Waals surface area contributed by atoms with Crippen LogP contribution in [0.25, 0.3) is 21.0 Å². The van der Waals surface area contributed by atoms with Gasteiger partial charge in [-0.05, 0) is 42.7 Å². The number of fused-ring (bicyclic) bond motifs is 1. The Morgan fingerprint density at radius 1 is 1.00 bits per heavy atom. The lowest BCUT2D eigenvalue weighted by atomic mass is 9.95. The third-order valence-corrected chi connectivity index (χ3v) is 6.83. The minimum atomic E-state index is -0.138. The average molecular weight is 446 g/mol. The van der Waals surface area contributed by atoms with Gasteiger partial charge in [-0.15, -0.1) is 11.3 Å². The van der Waals surface area contributed by atoms with Crippen molar-refractivity contribution in [2.24, 2.45) is 5.92 Å². The first-order chi connectivity index (χ1) is 15.7. The highest BCUT2D eigenvalue weighted by atomic mass is 32.1. The van der Waals surface area contributed by atoms with Crippen LogP contribution in [0.2, 0.25) is 0 Å². The normalized spacial score (nSPS) is 14.6. The van der Waals surface area contributed by atoms with Crippen LogP contribution in [-0.4, -0.2) is 34.8 Å². The summed E-state index contributed by atoms with van der Waals surface area (Å²) in [6, 6.07) is 21.3. The molecule has 162 valence electrons. The first kappa shape index (κ1) is 20.5. The van der Waals surface area contributed by atoms with Crippen LogP contribution in [0.15, 0.2) is 71.1 Å². The topological polar surface area (TPSA) is 75.4 Å². The maximum atomic E-state index is 12.9. The molecule has 32 heavy (non-hydrogen) atoms. The summed E-state index contributed by atoms with van der Waals surface area (Å²) in [7, 11) is 0. The van der Waals surface area contributed by atoms with Crippen LogP contribution in [0, 0.1) is 5.92 Å². The van der Waals surface area contributed by atoms with Crippen molar-refractivity contribution in [3.63, 3.8) is 0 Å². The molecule has 0 saturated carbocycles. The van der Waals surface area contributed by atoms with Crippen molar-refractivity contribution in [1.82, 2.24) is 15.2 Å². The number of thiazole rings is 1. The summed E-state index contributed by atoms with van der Waals surface area (Å²) in [5.41, 5.74) is 2.00. The molecule has 1 aliphatic rings. The Balaban J connectivity index is 1.17. The number of carbonyl (C=O) groups excluding carboxylic acids is 2. The largest absolute Gasteiger partial charge is 0.448 e. The molecule has 1 aliphatic heterocycles. The second-order valence-electron chi connectivity index (χ2n) is 7.92. The summed E-state index contributed by atoms with van der Waals surface area (Å²) < 4.78 is 6.94. The van der Waals surface area contributed by atoms with Crippen LogP contribution in [0.3, 0.4) is 0 Å². The number of likely N-dealkylation sites (tertiary alicyclic amines) is 1. The fourth-order valence-corrected chi connectivity index (χ4v) is 4.90. The molecule has 3 heterocycles. The molecule has 1 fully saturated rings. The van der Waals surface area contributed by atoms with Crippen LogP contribution in [0.4, 0.5) is 0 Å². The molecule has 4 aromatic rings. The summed E-state index contributed by atoms with van der Waals surface area (Å²) in [6.07, 6.45) is 1.30. The average Bonchev–Trinajstić information content (AvgIpc) is 3.50. The van der Waals surface area contributed by atoms with Crippen molar-refractivity contribution in [3.05, 3.63) is 78.1 Å². The first-order valence-electron chi connectivity index (χ1n) is 10.7. The van der Waals surface area contributed by atoms with E-state index in [4.69, 9.17) is 4.42 Å². The van der Waals surface area contributed by atoms with Gasteiger partial charge in [-0.2, -0.15) is 0 Å². The standard InChI is InChI=1S/C25H23N3O3S/c29-23(26-16-17-6-2-1-3-7-17)18-12-14-28(15-13-18)25(30)21-11-10-20(31-21)24-27-19-8-4-5-9-22(19)32-24/h1-11,18H,12-16H2,(H,26,29). The molecule has 2 aromatic heterocycles. The van der Waals surface area contributed by atoms with Crippen molar-refractivity contribution in [1.29, 1.82) is 0 Å². The lowest BCUT2D eigenvalue weighted by molar-refractivity contribution is -0.126. The number of amides is 2. The SMILES string of the molecule is O=C(NCc1ccccc1)C1CCN(C(=O)c2ccc(-c3nc4ccccc4s3)o2)CC1. The quantitative estimate of drug-likeness (QED) is 0.482. The number of furan rings is 1. The van der Waals surface area contributed by atoms with Gasteiger partial charge in [0, 0.05) is 25.6 Å². The van der Waals surface area contributed by atoms with Gasteiger partial charge in [0.25, 0.3) is 5.91 Å². The second-order valence-corrected chi connectivity index (χ2v) is 8.95. The summed E-state index contributed by atoms with van der Waals surface area (Å²) >= 11 is 1.54. The Morgan fingerprint density at radius 2 is 1.75 bits per heavy atom. The maximum Gasteiger partial charge on any atom is 0.289 e. The molecule has 0 aliphatic carbocycles. The van der Waals surface area contributed by atoms with E-state index >= 15 is 0 Å². The van der Waals surface area contributed by atoms with Gasteiger partial charge in [-0.25, -0.2) is 4.98 Å². The third kappa shape index (κ3) is 4.29. The molecule has 1 N–H and O–H groups in total. The first-order valence-corrected chi connectivity index (χ1v) is 11.6. The number of benzene rings is 2. The predicted molar refractivity (Wildman–Crippen MR) is 124 cm³/mol. The number of aromatic nitrogens is 1. The molecule has 6 nitrogen and oxygen atoms in total. The molecular weight excluding hydrogens is 422 g/mol. The van der Waals surface area contributed by atoms with Crippen LogP contribution in [-0.2, 0) is 11.3 Å². The molecule has 5 rings (SSSR count). The van der Waals surface area contributed by atoms with E-state index in [1.165, 1.54) is 0 Å². The molecule has 0 unspecified atom stereocenters.